The zero-order valence-corrected chi connectivity index (χ0v) is 10.3. The van der Waals surface area contributed by atoms with Crippen LogP contribution in [0.5, 0.6) is 0 Å². The molecule has 2 aromatic heterocycles. The first-order valence-corrected chi connectivity index (χ1v) is 5.97. The van der Waals surface area contributed by atoms with Gasteiger partial charge in [-0.2, -0.15) is 0 Å². The summed E-state index contributed by atoms with van der Waals surface area (Å²) in [5, 5.41) is 10.1. The van der Waals surface area contributed by atoms with E-state index in [2.05, 4.69) is 9.97 Å². The molecule has 0 unspecified atom stereocenters. The molecule has 0 amide bonds. The van der Waals surface area contributed by atoms with Gasteiger partial charge in [0.1, 0.15) is 0 Å². The smallest absolute Gasteiger partial charge is 0.337 e. The average Bonchev–Trinajstić information content (AvgIpc) is 2.46. The van der Waals surface area contributed by atoms with Gasteiger partial charge < -0.3 is 10.1 Å². The van der Waals surface area contributed by atoms with Crippen molar-refractivity contribution in [3.63, 3.8) is 0 Å². The minimum atomic E-state index is -1.09. The van der Waals surface area contributed by atoms with Crippen molar-refractivity contribution >= 4 is 16.9 Å². The number of para-hydroxylation sites is 1. The topological polar surface area (TPSA) is 83.0 Å². The molecular weight excluding hydrogens is 256 g/mol. The van der Waals surface area contributed by atoms with E-state index in [-0.39, 0.29) is 11.1 Å². The number of pyridine rings is 2. The normalized spacial score (nSPS) is 10.6. The Hall–Kier alpha value is -2.95. The molecule has 0 fully saturated rings. The van der Waals surface area contributed by atoms with Crippen molar-refractivity contribution in [2.75, 3.05) is 0 Å². The summed E-state index contributed by atoms with van der Waals surface area (Å²) >= 11 is 0. The summed E-state index contributed by atoms with van der Waals surface area (Å²) in [6, 6.07) is 10.4. The number of nitrogens with one attached hydrogen (secondary N) is 1. The highest BCUT2D eigenvalue weighted by Gasteiger charge is 2.14. The summed E-state index contributed by atoms with van der Waals surface area (Å²) < 4.78 is 0. The molecular formula is C15H10N2O3. The summed E-state index contributed by atoms with van der Waals surface area (Å²) in [4.78, 5) is 29.4. The van der Waals surface area contributed by atoms with Crippen LogP contribution in [0.3, 0.4) is 0 Å². The van der Waals surface area contributed by atoms with Gasteiger partial charge in [0.25, 0.3) is 0 Å². The van der Waals surface area contributed by atoms with Crippen molar-refractivity contribution in [1.29, 1.82) is 0 Å². The Bertz CT molecular complexity index is 863. The Morgan fingerprint density at radius 2 is 1.95 bits per heavy atom. The fourth-order valence-corrected chi connectivity index (χ4v) is 2.20. The van der Waals surface area contributed by atoms with E-state index in [0.29, 0.717) is 11.1 Å². The summed E-state index contributed by atoms with van der Waals surface area (Å²) in [7, 11) is 0. The Balaban J connectivity index is 2.39. The number of carboxylic acid groups (broad SMARTS) is 1. The number of carbonyl (C=O) groups is 1. The number of aromatic carboxylic acids is 1. The number of rotatable bonds is 2. The van der Waals surface area contributed by atoms with Crippen molar-refractivity contribution in [1.82, 2.24) is 9.97 Å². The Morgan fingerprint density at radius 3 is 2.75 bits per heavy atom. The first-order chi connectivity index (χ1) is 9.66. The van der Waals surface area contributed by atoms with Gasteiger partial charge in [-0.3, -0.25) is 9.78 Å². The lowest BCUT2D eigenvalue weighted by Crippen LogP contribution is -2.09. The van der Waals surface area contributed by atoms with Gasteiger partial charge >= 0.3 is 5.97 Å². The SMILES string of the molecule is O=C(O)c1c[nH]c(=O)cc1-c1ccnc2ccccc12. The molecule has 20 heavy (non-hydrogen) atoms. The molecule has 98 valence electrons. The number of carboxylic acids is 1. The predicted molar refractivity (Wildman–Crippen MR) is 74.8 cm³/mol. The maximum Gasteiger partial charge on any atom is 0.337 e. The van der Waals surface area contributed by atoms with Gasteiger partial charge in [-0.25, -0.2) is 4.79 Å². The van der Waals surface area contributed by atoms with E-state index in [1.807, 2.05) is 24.3 Å². The van der Waals surface area contributed by atoms with Crippen LogP contribution < -0.4 is 5.56 Å². The number of H-pyrrole nitrogens is 1. The van der Waals surface area contributed by atoms with Gasteiger partial charge in [-0.1, -0.05) is 18.2 Å². The molecule has 0 radical (unpaired) electrons. The molecule has 0 spiro atoms. The molecule has 0 atom stereocenters. The number of fused-ring (bicyclic) bond motifs is 1. The van der Waals surface area contributed by atoms with Crippen LogP contribution in [0.25, 0.3) is 22.0 Å². The zero-order valence-electron chi connectivity index (χ0n) is 10.3. The third-order valence-electron chi connectivity index (χ3n) is 3.09. The molecule has 1 aromatic carbocycles. The van der Waals surface area contributed by atoms with Crippen LogP contribution in [0.15, 0.2) is 53.6 Å². The molecule has 0 saturated carbocycles. The highest BCUT2D eigenvalue weighted by molar-refractivity contribution is 6.02. The van der Waals surface area contributed by atoms with Gasteiger partial charge in [0, 0.05) is 29.4 Å². The van der Waals surface area contributed by atoms with Crippen molar-refractivity contribution in [3.05, 3.63) is 64.7 Å². The van der Waals surface area contributed by atoms with Gasteiger partial charge in [0.15, 0.2) is 0 Å². The second-order valence-electron chi connectivity index (χ2n) is 4.31. The van der Waals surface area contributed by atoms with Crippen molar-refractivity contribution in [2.45, 2.75) is 0 Å². The highest BCUT2D eigenvalue weighted by Crippen LogP contribution is 2.28. The second-order valence-corrected chi connectivity index (χ2v) is 4.31. The molecule has 0 saturated heterocycles. The van der Waals surface area contributed by atoms with Crippen LogP contribution in [0.4, 0.5) is 0 Å². The number of nitrogens with zero attached hydrogens (tertiary/aromatic N) is 1. The molecule has 2 N–H and O–H groups in total. The lowest BCUT2D eigenvalue weighted by atomic mass is 9.98. The average molecular weight is 266 g/mol. The minimum absolute atomic E-state index is 0.0564. The zero-order chi connectivity index (χ0) is 14.1. The van der Waals surface area contributed by atoms with Gasteiger partial charge in [0.2, 0.25) is 5.56 Å². The molecule has 3 rings (SSSR count). The summed E-state index contributed by atoms with van der Waals surface area (Å²) in [6.07, 6.45) is 2.82. The second kappa shape index (κ2) is 4.62. The summed E-state index contributed by atoms with van der Waals surface area (Å²) in [5.74, 6) is -1.09. The van der Waals surface area contributed by atoms with E-state index in [1.54, 1.807) is 12.3 Å². The Kier molecular flexibility index (Phi) is 2.80. The molecule has 5 nitrogen and oxygen atoms in total. The van der Waals surface area contributed by atoms with Gasteiger partial charge in [-0.05, 0) is 17.7 Å². The van der Waals surface area contributed by atoms with E-state index in [1.165, 1.54) is 12.3 Å². The molecule has 0 aliphatic rings. The molecule has 5 heteroatoms. The number of benzene rings is 1. The maximum absolute atomic E-state index is 11.5. The van der Waals surface area contributed by atoms with Crippen LogP contribution in [0.2, 0.25) is 0 Å². The fourth-order valence-electron chi connectivity index (χ4n) is 2.20. The predicted octanol–water partition coefficient (Wildman–Crippen LogP) is 2.29. The van der Waals surface area contributed by atoms with E-state index >= 15 is 0 Å². The summed E-state index contributed by atoms with van der Waals surface area (Å²) in [6.45, 7) is 0. The number of hydrogen-bond donors (Lipinski definition) is 2. The fraction of sp³-hybridized carbons (Fsp3) is 0. The first kappa shape index (κ1) is 12.1. The Morgan fingerprint density at radius 1 is 1.15 bits per heavy atom. The molecule has 2 heterocycles. The van der Waals surface area contributed by atoms with E-state index in [9.17, 15) is 14.7 Å². The van der Waals surface area contributed by atoms with E-state index in [0.717, 1.165) is 10.9 Å². The maximum atomic E-state index is 11.5. The van der Waals surface area contributed by atoms with Crippen molar-refractivity contribution in [2.24, 2.45) is 0 Å². The monoisotopic (exact) mass is 266 g/mol. The third-order valence-corrected chi connectivity index (χ3v) is 3.09. The van der Waals surface area contributed by atoms with Crippen LogP contribution in [0.1, 0.15) is 10.4 Å². The number of hydrogen-bond acceptors (Lipinski definition) is 3. The van der Waals surface area contributed by atoms with Crippen LogP contribution in [0, 0.1) is 0 Å². The number of aromatic nitrogens is 2. The van der Waals surface area contributed by atoms with E-state index < -0.39 is 5.97 Å². The van der Waals surface area contributed by atoms with Crippen molar-refractivity contribution < 1.29 is 9.90 Å². The quantitative estimate of drug-likeness (QED) is 0.745. The van der Waals surface area contributed by atoms with Crippen LogP contribution >= 0.6 is 0 Å². The Labute approximate surface area is 113 Å². The number of aromatic amines is 1. The highest BCUT2D eigenvalue weighted by atomic mass is 16.4. The lowest BCUT2D eigenvalue weighted by Gasteiger charge is -2.08. The van der Waals surface area contributed by atoms with Crippen LogP contribution in [-0.2, 0) is 0 Å². The summed E-state index contributed by atoms with van der Waals surface area (Å²) in [5.41, 5.74) is 1.53. The standard InChI is InChI=1S/C15H10N2O3/c18-14-7-11(12(8-17-14)15(19)20)9-5-6-16-13-4-2-1-3-10(9)13/h1-8H,(H,17,18)(H,19,20). The molecule has 0 aliphatic carbocycles. The minimum Gasteiger partial charge on any atom is -0.478 e. The van der Waals surface area contributed by atoms with Gasteiger partial charge in [-0.15, -0.1) is 0 Å². The lowest BCUT2D eigenvalue weighted by molar-refractivity contribution is 0.0697. The molecule has 3 aromatic rings. The molecule has 0 bridgehead atoms. The first-order valence-electron chi connectivity index (χ1n) is 5.97. The molecule has 0 aliphatic heterocycles. The van der Waals surface area contributed by atoms with Gasteiger partial charge in [0.05, 0.1) is 11.1 Å². The largest absolute Gasteiger partial charge is 0.478 e. The van der Waals surface area contributed by atoms with Crippen molar-refractivity contribution in [3.8, 4) is 11.1 Å². The third kappa shape index (κ3) is 1.95. The van der Waals surface area contributed by atoms with E-state index in [4.69, 9.17) is 0 Å². The van der Waals surface area contributed by atoms with Crippen LogP contribution in [-0.4, -0.2) is 21.0 Å².